The molecular weight excluding hydrogens is 446 g/mol. The summed E-state index contributed by atoms with van der Waals surface area (Å²) in [6.45, 7) is 0. The van der Waals surface area contributed by atoms with E-state index < -0.39 is 0 Å². The first-order chi connectivity index (χ1) is 7.74. The number of aromatic nitrogens is 1. The summed E-state index contributed by atoms with van der Waals surface area (Å²) in [5.41, 5.74) is 1.11. The molecule has 0 amide bonds. The summed E-state index contributed by atoms with van der Waals surface area (Å²) in [6.07, 6.45) is 0. The van der Waals surface area contributed by atoms with Crippen molar-refractivity contribution in [1.29, 1.82) is 0 Å². The Hall–Kier alpha value is -0.0200. The minimum Gasteiger partial charge on any atom is -0.326 e. The molecule has 5 heteroatoms. The molecule has 2 aromatic rings. The molecule has 1 heterocycles. The molecular formula is C11H8I2N2S. The van der Waals surface area contributed by atoms with E-state index >= 15 is 0 Å². The van der Waals surface area contributed by atoms with Crippen molar-refractivity contribution in [3.8, 4) is 0 Å². The van der Waals surface area contributed by atoms with E-state index in [1.807, 2.05) is 30.3 Å². The molecule has 2 nitrogen and oxygen atoms in total. The normalized spacial score (nSPS) is 10.1. The Morgan fingerprint density at radius 3 is 2.25 bits per heavy atom. The summed E-state index contributed by atoms with van der Waals surface area (Å²) in [5.74, 6) is 0. The maximum absolute atomic E-state index is 4.32. The second kappa shape index (κ2) is 6.06. The number of benzene rings is 1. The van der Waals surface area contributed by atoms with Crippen molar-refractivity contribution in [1.82, 2.24) is 4.98 Å². The van der Waals surface area contributed by atoms with Gasteiger partial charge >= 0.3 is 0 Å². The van der Waals surface area contributed by atoms with Crippen LogP contribution in [0.5, 0.6) is 0 Å². The zero-order valence-electron chi connectivity index (χ0n) is 8.15. The Kier molecular flexibility index (Phi) is 4.71. The van der Waals surface area contributed by atoms with E-state index in [1.54, 1.807) is 11.9 Å². The fourth-order valence-electron chi connectivity index (χ4n) is 1.13. The maximum atomic E-state index is 4.32. The molecule has 2 rings (SSSR count). The number of halogens is 2. The van der Waals surface area contributed by atoms with Crippen LogP contribution >= 0.6 is 57.1 Å². The molecule has 0 saturated carbocycles. The van der Waals surface area contributed by atoms with Crippen LogP contribution in [0.15, 0.2) is 47.4 Å². The summed E-state index contributed by atoms with van der Waals surface area (Å²) in [7, 11) is 0. The Bertz CT molecular complexity index is 456. The van der Waals surface area contributed by atoms with Gasteiger partial charge in [-0.2, -0.15) is 0 Å². The molecule has 0 spiro atoms. The SMILES string of the molecule is Ic1cc(SNc2ccccc2)cc(I)n1. The lowest BCUT2D eigenvalue weighted by molar-refractivity contribution is 1.17. The van der Waals surface area contributed by atoms with Gasteiger partial charge in [0.2, 0.25) is 0 Å². The van der Waals surface area contributed by atoms with Crippen LogP contribution in [0.1, 0.15) is 0 Å². The quantitative estimate of drug-likeness (QED) is 0.423. The van der Waals surface area contributed by atoms with Crippen LogP contribution in [0.4, 0.5) is 5.69 Å². The van der Waals surface area contributed by atoms with Gasteiger partial charge in [0, 0.05) is 10.6 Å². The van der Waals surface area contributed by atoms with Crippen molar-refractivity contribution in [2.24, 2.45) is 0 Å². The first kappa shape index (κ1) is 12.4. The van der Waals surface area contributed by atoms with E-state index in [1.165, 1.54) is 4.90 Å². The van der Waals surface area contributed by atoms with Gasteiger partial charge in [-0.05, 0) is 81.4 Å². The Labute approximate surface area is 126 Å². The number of pyridine rings is 1. The zero-order valence-corrected chi connectivity index (χ0v) is 13.3. The monoisotopic (exact) mass is 454 g/mol. The van der Waals surface area contributed by atoms with Crippen molar-refractivity contribution in [3.63, 3.8) is 0 Å². The highest BCUT2D eigenvalue weighted by Crippen LogP contribution is 2.23. The fourth-order valence-corrected chi connectivity index (χ4v) is 3.91. The van der Waals surface area contributed by atoms with Crippen LogP contribution in [0.3, 0.4) is 0 Å². The van der Waals surface area contributed by atoms with Gasteiger partial charge in [0.05, 0.1) is 0 Å². The fraction of sp³-hybridized carbons (Fsp3) is 0. The average molecular weight is 454 g/mol. The number of nitrogens with zero attached hydrogens (tertiary/aromatic N) is 1. The Balaban J connectivity index is 2.05. The summed E-state index contributed by atoms with van der Waals surface area (Å²) < 4.78 is 5.33. The van der Waals surface area contributed by atoms with E-state index in [0.717, 1.165) is 13.1 Å². The molecule has 16 heavy (non-hydrogen) atoms. The number of nitrogens with one attached hydrogen (secondary N) is 1. The van der Waals surface area contributed by atoms with Crippen LogP contribution < -0.4 is 4.72 Å². The first-order valence-electron chi connectivity index (χ1n) is 4.55. The van der Waals surface area contributed by atoms with E-state index in [2.05, 4.69) is 67.0 Å². The highest BCUT2D eigenvalue weighted by atomic mass is 127. The molecule has 0 bridgehead atoms. The predicted molar refractivity (Wildman–Crippen MR) is 85.6 cm³/mol. The minimum atomic E-state index is 1.02. The average Bonchev–Trinajstić information content (AvgIpc) is 2.27. The van der Waals surface area contributed by atoms with Crippen LogP contribution in [-0.2, 0) is 0 Å². The Morgan fingerprint density at radius 1 is 1.00 bits per heavy atom. The molecule has 0 fully saturated rings. The van der Waals surface area contributed by atoms with Crippen LogP contribution in [0, 0.1) is 7.40 Å². The summed E-state index contributed by atoms with van der Waals surface area (Å²) in [5, 5.41) is 0. The van der Waals surface area contributed by atoms with Crippen molar-refractivity contribution in [3.05, 3.63) is 49.9 Å². The summed E-state index contributed by atoms with van der Waals surface area (Å²) >= 11 is 6.06. The van der Waals surface area contributed by atoms with E-state index in [0.29, 0.717) is 0 Å². The molecule has 0 unspecified atom stereocenters. The molecule has 82 valence electrons. The lowest BCUT2D eigenvalue weighted by Crippen LogP contribution is -1.90. The summed E-state index contributed by atoms with van der Waals surface area (Å²) in [4.78, 5) is 5.50. The molecule has 1 N–H and O–H groups in total. The molecule has 0 saturated heterocycles. The standard InChI is InChI=1S/C11H8I2N2S/c12-10-6-9(7-11(13)14-10)16-15-8-4-2-1-3-5-8/h1-7,15H. The third-order valence-electron chi connectivity index (χ3n) is 1.80. The van der Waals surface area contributed by atoms with Gasteiger partial charge < -0.3 is 4.72 Å². The van der Waals surface area contributed by atoms with Crippen molar-refractivity contribution in [2.75, 3.05) is 4.72 Å². The van der Waals surface area contributed by atoms with Gasteiger partial charge in [-0.15, -0.1) is 0 Å². The van der Waals surface area contributed by atoms with Crippen LogP contribution in [0.2, 0.25) is 0 Å². The van der Waals surface area contributed by atoms with Gasteiger partial charge in [0.1, 0.15) is 7.40 Å². The van der Waals surface area contributed by atoms with Gasteiger partial charge in [0.25, 0.3) is 0 Å². The highest BCUT2D eigenvalue weighted by molar-refractivity contribution is 14.1. The Morgan fingerprint density at radius 2 is 1.62 bits per heavy atom. The largest absolute Gasteiger partial charge is 0.326 e. The maximum Gasteiger partial charge on any atom is 0.103 e. The minimum absolute atomic E-state index is 1.02. The number of para-hydroxylation sites is 1. The first-order valence-corrected chi connectivity index (χ1v) is 7.52. The van der Waals surface area contributed by atoms with Gasteiger partial charge in [-0.1, -0.05) is 18.2 Å². The number of anilines is 1. The molecule has 1 aromatic heterocycles. The zero-order chi connectivity index (χ0) is 11.4. The van der Waals surface area contributed by atoms with E-state index in [-0.39, 0.29) is 0 Å². The second-order valence-electron chi connectivity index (χ2n) is 3.02. The highest BCUT2D eigenvalue weighted by Gasteiger charge is 1.99. The lowest BCUT2D eigenvalue weighted by atomic mass is 10.3. The number of rotatable bonds is 3. The molecule has 0 aliphatic carbocycles. The van der Waals surface area contributed by atoms with Crippen molar-refractivity contribution in [2.45, 2.75) is 4.90 Å². The van der Waals surface area contributed by atoms with Gasteiger partial charge in [0.15, 0.2) is 0 Å². The third-order valence-corrected chi connectivity index (χ3v) is 3.71. The van der Waals surface area contributed by atoms with E-state index in [9.17, 15) is 0 Å². The van der Waals surface area contributed by atoms with Crippen LogP contribution in [0.25, 0.3) is 0 Å². The van der Waals surface area contributed by atoms with Crippen LogP contribution in [-0.4, -0.2) is 4.98 Å². The number of hydrogen-bond acceptors (Lipinski definition) is 3. The van der Waals surface area contributed by atoms with E-state index in [4.69, 9.17) is 0 Å². The molecule has 0 radical (unpaired) electrons. The molecule has 0 aliphatic rings. The molecule has 0 aliphatic heterocycles. The smallest absolute Gasteiger partial charge is 0.103 e. The predicted octanol–water partition coefficient (Wildman–Crippen LogP) is 4.41. The van der Waals surface area contributed by atoms with Crippen molar-refractivity contribution < 1.29 is 0 Å². The molecule has 0 atom stereocenters. The number of hydrogen-bond donors (Lipinski definition) is 1. The van der Waals surface area contributed by atoms with Gasteiger partial charge in [-0.25, -0.2) is 4.98 Å². The topological polar surface area (TPSA) is 24.9 Å². The third kappa shape index (κ3) is 3.77. The van der Waals surface area contributed by atoms with Crippen molar-refractivity contribution >= 4 is 62.8 Å². The summed E-state index contributed by atoms with van der Waals surface area (Å²) in [6, 6.07) is 14.3. The second-order valence-corrected chi connectivity index (χ2v) is 6.11. The van der Waals surface area contributed by atoms with Gasteiger partial charge in [-0.3, -0.25) is 0 Å². The molecule has 1 aromatic carbocycles. The lowest BCUT2D eigenvalue weighted by Gasteiger charge is -2.05.